The van der Waals surface area contributed by atoms with Crippen LogP contribution in [0.15, 0.2) is 0 Å². The van der Waals surface area contributed by atoms with Crippen LogP contribution >= 0.6 is 11.8 Å². The van der Waals surface area contributed by atoms with Gasteiger partial charge in [-0.2, -0.15) is 11.8 Å². The van der Waals surface area contributed by atoms with E-state index in [1.807, 2.05) is 11.8 Å². The van der Waals surface area contributed by atoms with Gasteiger partial charge >= 0.3 is 0 Å². The SMILES string of the molecule is [CH]1CSCCCN1. The Kier molecular flexibility index (Phi) is 2.59. The third-order valence-electron chi connectivity index (χ3n) is 0.955. The first kappa shape index (κ1) is 5.45. The van der Waals surface area contributed by atoms with Crippen molar-refractivity contribution in [1.29, 1.82) is 0 Å². The van der Waals surface area contributed by atoms with Crippen LogP contribution in [0.1, 0.15) is 6.42 Å². The molecule has 7 heavy (non-hydrogen) atoms. The molecule has 41 valence electrons. The minimum absolute atomic E-state index is 1.17. The molecule has 1 radical (unpaired) electrons. The first-order valence-electron chi connectivity index (χ1n) is 2.63. The molecule has 0 aromatic rings. The molecule has 1 heterocycles. The first-order valence-corrected chi connectivity index (χ1v) is 3.78. The highest BCUT2D eigenvalue weighted by molar-refractivity contribution is 7.99. The summed E-state index contributed by atoms with van der Waals surface area (Å²) >= 11 is 2.00. The maximum Gasteiger partial charge on any atom is 0.0319 e. The van der Waals surface area contributed by atoms with Crippen molar-refractivity contribution in [3.63, 3.8) is 0 Å². The quantitative estimate of drug-likeness (QED) is 0.504. The lowest BCUT2D eigenvalue weighted by atomic mass is 10.5. The predicted molar refractivity (Wildman–Crippen MR) is 34.2 cm³/mol. The minimum Gasteiger partial charge on any atom is -0.312 e. The van der Waals surface area contributed by atoms with Crippen molar-refractivity contribution in [3.8, 4) is 0 Å². The molecule has 1 nitrogen and oxygen atoms in total. The molecule has 0 aliphatic carbocycles. The van der Waals surface area contributed by atoms with Crippen LogP contribution in [-0.4, -0.2) is 18.1 Å². The van der Waals surface area contributed by atoms with Crippen molar-refractivity contribution < 1.29 is 0 Å². The van der Waals surface area contributed by atoms with Gasteiger partial charge in [-0.1, -0.05) is 0 Å². The fourth-order valence-corrected chi connectivity index (χ4v) is 1.33. The molecular weight excluding hydrogens is 106 g/mol. The summed E-state index contributed by atoms with van der Waals surface area (Å²) in [5.41, 5.74) is 0. The third kappa shape index (κ3) is 2.19. The number of hydrogen-bond donors (Lipinski definition) is 1. The molecule has 1 fully saturated rings. The van der Waals surface area contributed by atoms with E-state index in [0.29, 0.717) is 0 Å². The van der Waals surface area contributed by atoms with Gasteiger partial charge in [0, 0.05) is 12.3 Å². The summed E-state index contributed by atoms with van der Waals surface area (Å²) in [4.78, 5) is 0. The summed E-state index contributed by atoms with van der Waals surface area (Å²) in [6.07, 6.45) is 1.32. The van der Waals surface area contributed by atoms with Crippen LogP contribution in [-0.2, 0) is 0 Å². The Morgan fingerprint density at radius 3 is 3.57 bits per heavy atom. The van der Waals surface area contributed by atoms with Gasteiger partial charge in [-0.25, -0.2) is 0 Å². The van der Waals surface area contributed by atoms with Crippen molar-refractivity contribution in [2.75, 3.05) is 18.1 Å². The first-order chi connectivity index (χ1) is 3.50. The zero-order valence-corrected chi connectivity index (χ0v) is 5.13. The number of nitrogens with one attached hydrogen (secondary N) is 1. The molecular formula is C5H10NS. The van der Waals surface area contributed by atoms with E-state index in [1.54, 1.807) is 0 Å². The molecule has 0 spiro atoms. The highest BCUT2D eigenvalue weighted by Crippen LogP contribution is 2.04. The van der Waals surface area contributed by atoms with Crippen molar-refractivity contribution in [2.24, 2.45) is 0 Å². The van der Waals surface area contributed by atoms with Crippen LogP contribution in [0.3, 0.4) is 0 Å². The third-order valence-corrected chi connectivity index (χ3v) is 1.94. The second-order valence-electron chi connectivity index (χ2n) is 1.59. The molecule has 0 saturated carbocycles. The van der Waals surface area contributed by atoms with Crippen molar-refractivity contribution in [2.45, 2.75) is 6.42 Å². The monoisotopic (exact) mass is 116 g/mol. The maximum atomic E-state index is 3.20. The Bertz CT molecular complexity index is 27.7. The number of thioether (sulfide) groups is 1. The van der Waals surface area contributed by atoms with E-state index in [1.165, 1.54) is 24.5 Å². The van der Waals surface area contributed by atoms with E-state index in [-0.39, 0.29) is 0 Å². The molecule has 1 aliphatic rings. The van der Waals surface area contributed by atoms with E-state index in [0.717, 1.165) is 0 Å². The Balaban J connectivity index is 2.04. The van der Waals surface area contributed by atoms with Crippen LogP contribution in [0.2, 0.25) is 0 Å². The second kappa shape index (κ2) is 3.33. The number of rotatable bonds is 0. The Labute approximate surface area is 48.9 Å². The zero-order valence-electron chi connectivity index (χ0n) is 4.31. The molecule has 2 heteroatoms. The largest absolute Gasteiger partial charge is 0.312 e. The zero-order chi connectivity index (χ0) is 4.95. The van der Waals surface area contributed by atoms with E-state index < -0.39 is 0 Å². The number of hydrogen-bond acceptors (Lipinski definition) is 2. The normalized spacial score (nSPS) is 24.0. The molecule has 1 saturated heterocycles. The molecule has 1 rings (SSSR count). The molecule has 1 aliphatic heterocycles. The lowest BCUT2D eigenvalue weighted by Gasteiger charge is -1.90. The summed E-state index contributed by atoms with van der Waals surface area (Å²) < 4.78 is 0. The highest BCUT2D eigenvalue weighted by Gasteiger charge is 1.94. The van der Waals surface area contributed by atoms with Crippen molar-refractivity contribution >= 4 is 11.8 Å². The Morgan fingerprint density at radius 1 is 1.57 bits per heavy atom. The topological polar surface area (TPSA) is 12.0 Å². The molecule has 0 aromatic heterocycles. The molecule has 1 N–H and O–H groups in total. The van der Waals surface area contributed by atoms with Crippen LogP contribution in [0.25, 0.3) is 0 Å². The average molecular weight is 116 g/mol. The van der Waals surface area contributed by atoms with Gasteiger partial charge in [-0.3, -0.25) is 0 Å². The van der Waals surface area contributed by atoms with Crippen LogP contribution < -0.4 is 5.32 Å². The molecule has 0 unspecified atom stereocenters. The summed E-state index contributed by atoms with van der Waals surface area (Å²) in [6.45, 7) is 3.31. The summed E-state index contributed by atoms with van der Waals surface area (Å²) in [7, 11) is 0. The standard InChI is InChI=1S/C5H10NS/c1-2-6-3-5-7-4-1/h3,6H,1-2,4-5H2. The fourth-order valence-electron chi connectivity index (χ4n) is 0.580. The van der Waals surface area contributed by atoms with Gasteiger partial charge in [0.15, 0.2) is 0 Å². The van der Waals surface area contributed by atoms with Gasteiger partial charge in [-0.05, 0) is 18.7 Å². The minimum atomic E-state index is 1.17. The van der Waals surface area contributed by atoms with E-state index in [4.69, 9.17) is 0 Å². The van der Waals surface area contributed by atoms with Crippen molar-refractivity contribution in [1.82, 2.24) is 5.32 Å². The molecule has 0 aromatic carbocycles. The molecule has 0 amide bonds. The summed E-state index contributed by atoms with van der Waals surface area (Å²) in [5, 5.41) is 3.20. The van der Waals surface area contributed by atoms with E-state index >= 15 is 0 Å². The van der Waals surface area contributed by atoms with E-state index in [2.05, 4.69) is 11.9 Å². The smallest absolute Gasteiger partial charge is 0.0319 e. The van der Waals surface area contributed by atoms with Gasteiger partial charge in [0.2, 0.25) is 0 Å². The summed E-state index contributed by atoms with van der Waals surface area (Å²) in [6, 6.07) is 0. The van der Waals surface area contributed by atoms with E-state index in [9.17, 15) is 0 Å². The molecule has 0 atom stereocenters. The Morgan fingerprint density at radius 2 is 2.57 bits per heavy atom. The second-order valence-corrected chi connectivity index (χ2v) is 2.74. The van der Waals surface area contributed by atoms with Gasteiger partial charge in [0.05, 0.1) is 0 Å². The summed E-state index contributed by atoms with van der Waals surface area (Å²) in [5.74, 6) is 2.50. The van der Waals surface area contributed by atoms with Crippen LogP contribution in [0.4, 0.5) is 0 Å². The van der Waals surface area contributed by atoms with Gasteiger partial charge in [-0.15, -0.1) is 0 Å². The van der Waals surface area contributed by atoms with Gasteiger partial charge < -0.3 is 5.32 Å². The fraction of sp³-hybridized carbons (Fsp3) is 0.800. The Hall–Kier alpha value is 0.310. The average Bonchev–Trinajstić information content (AvgIpc) is 1.90. The maximum absolute atomic E-state index is 3.20. The lowest BCUT2D eigenvalue weighted by molar-refractivity contribution is 0.785. The predicted octanol–water partition coefficient (Wildman–Crippen LogP) is 0.875. The van der Waals surface area contributed by atoms with Gasteiger partial charge in [0.25, 0.3) is 0 Å². The molecule has 0 bridgehead atoms. The van der Waals surface area contributed by atoms with Crippen molar-refractivity contribution in [3.05, 3.63) is 6.54 Å². The highest BCUT2D eigenvalue weighted by atomic mass is 32.2. The van der Waals surface area contributed by atoms with Gasteiger partial charge in [0.1, 0.15) is 0 Å². The van der Waals surface area contributed by atoms with Crippen LogP contribution in [0.5, 0.6) is 0 Å². The lowest BCUT2D eigenvalue weighted by Crippen LogP contribution is -2.09. The van der Waals surface area contributed by atoms with Crippen LogP contribution in [0, 0.1) is 6.54 Å².